The van der Waals surface area contributed by atoms with Crippen LogP contribution in [0.5, 0.6) is 0 Å². The summed E-state index contributed by atoms with van der Waals surface area (Å²) >= 11 is 1.72. The normalized spacial score (nSPS) is 19.6. The van der Waals surface area contributed by atoms with E-state index in [0.29, 0.717) is 0 Å². The van der Waals surface area contributed by atoms with Gasteiger partial charge in [-0.15, -0.1) is 11.3 Å². The van der Waals surface area contributed by atoms with Crippen LogP contribution in [0.15, 0.2) is 42.0 Å². The molecule has 0 radical (unpaired) electrons. The molecule has 2 N–H and O–H groups in total. The van der Waals surface area contributed by atoms with E-state index in [2.05, 4.69) is 35.3 Å². The molecule has 0 bridgehead atoms. The van der Waals surface area contributed by atoms with Gasteiger partial charge in [0.15, 0.2) is 0 Å². The minimum Gasteiger partial charge on any atom is -0.327 e. The van der Waals surface area contributed by atoms with Gasteiger partial charge in [0.1, 0.15) is 0 Å². The Kier molecular flexibility index (Phi) is 4.18. The molecule has 1 heterocycles. The average Bonchev–Trinajstić information content (AvgIpc) is 3.02. The van der Waals surface area contributed by atoms with Crippen molar-refractivity contribution in [2.45, 2.75) is 50.0 Å². The third-order valence-corrected chi connectivity index (χ3v) is 5.51. The second kappa shape index (κ2) is 6.06. The molecule has 1 saturated carbocycles. The molecule has 3 heteroatoms. The molecule has 1 aromatic heterocycles. The molecule has 1 aliphatic carbocycles. The lowest BCUT2D eigenvalue weighted by atomic mass is 9.64. The lowest BCUT2D eigenvalue weighted by molar-refractivity contribution is 0.241. The van der Waals surface area contributed by atoms with E-state index >= 15 is 0 Å². The first-order valence-electron chi connectivity index (χ1n) is 7.50. The summed E-state index contributed by atoms with van der Waals surface area (Å²) in [5.74, 6) is 0. The van der Waals surface area contributed by atoms with Gasteiger partial charge in [-0.1, -0.05) is 49.6 Å². The smallest absolute Gasteiger partial charge is 0.0794 e. The number of hydrogen-bond donors (Lipinski definition) is 1. The summed E-state index contributed by atoms with van der Waals surface area (Å²) in [6.45, 7) is 0. The second-order valence-corrected chi connectivity index (χ2v) is 6.83. The first kappa shape index (κ1) is 13.8. The van der Waals surface area contributed by atoms with E-state index in [4.69, 9.17) is 5.73 Å². The number of benzene rings is 1. The van der Waals surface area contributed by atoms with E-state index in [-0.39, 0.29) is 11.5 Å². The van der Waals surface area contributed by atoms with Crippen LogP contribution in [0.1, 0.15) is 42.5 Å². The zero-order valence-electron chi connectivity index (χ0n) is 11.8. The molecule has 1 fully saturated rings. The highest BCUT2D eigenvalue weighted by Gasteiger charge is 2.39. The van der Waals surface area contributed by atoms with Crippen molar-refractivity contribution in [3.63, 3.8) is 0 Å². The fourth-order valence-corrected chi connectivity index (χ4v) is 4.24. The van der Waals surface area contributed by atoms with Crippen LogP contribution in [0.3, 0.4) is 0 Å². The average molecular weight is 286 g/mol. The van der Waals surface area contributed by atoms with Crippen LogP contribution < -0.4 is 5.73 Å². The summed E-state index contributed by atoms with van der Waals surface area (Å²) in [5, 5.41) is 0. The van der Waals surface area contributed by atoms with E-state index in [0.717, 1.165) is 6.42 Å². The number of nitrogens with zero attached hydrogens (tertiary/aromatic N) is 1. The first-order chi connectivity index (χ1) is 9.81. The van der Waals surface area contributed by atoms with Crippen molar-refractivity contribution in [2.75, 3.05) is 0 Å². The lowest BCUT2D eigenvalue weighted by Crippen LogP contribution is -2.48. The second-order valence-electron chi connectivity index (χ2n) is 5.86. The van der Waals surface area contributed by atoms with E-state index < -0.39 is 0 Å². The molecular formula is C17H22N2S. The van der Waals surface area contributed by atoms with Crippen LogP contribution in [0.4, 0.5) is 0 Å². The molecule has 0 saturated heterocycles. The molecule has 0 spiro atoms. The monoisotopic (exact) mass is 286 g/mol. The fourth-order valence-electron chi connectivity index (χ4n) is 3.58. The van der Waals surface area contributed by atoms with Crippen molar-refractivity contribution in [3.05, 3.63) is 52.5 Å². The molecule has 0 amide bonds. The Hall–Kier alpha value is -1.19. The Balaban J connectivity index is 1.89. The van der Waals surface area contributed by atoms with Gasteiger partial charge in [0.25, 0.3) is 0 Å². The summed E-state index contributed by atoms with van der Waals surface area (Å²) in [4.78, 5) is 5.48. The quantitative estimate of drug-likeness (QED) is 0.925. The predicted molar refractivity (Wildman–Crippen MR) is 85.0 cm³/mol. The van der Waals surface area contributed by atoms with Crippen molar-refractivity contribution >= 4 is 11.3 Å². The Bertz CT molecular complexity index is 515. The van der Waals surface area contributed by atoms with Crippen LogP contribution in [0, 0.1) is 0 Å². The molecule has 1 aliphatic rings. The third kappa shape index (κ3) is 2.65. The summed E-state index contributed by atoms with van der Waals surface area (Å²) in [5.41, 5.74) is 10.2. The summed E-state index contributed by atoms with van der Waals surface area (Å²) < 4.78 is 0. The highest BCUT2D eigenvalue weighted by molar-refractivity contribution is 7.09. The highest BCUT2D eigenvalue weighted by atomic mass is 32.1. The van der Waals surface area contributed by atoms with E-state index in [9.17, 15) is 0 Å². The zero-order valence-corrected chi connectivity index (χ0v) is 12.6. The number of rotatable bonds is 4. The molecule has 0 aliphatic heterocycles. The summed E-state index contributed by atoms with van der Waals surface area (Å²) in [6, 6.07) is 11.1. The molecule has 20 heavy (non-hydrogen) atoms. The van der Waals surface area contributed by atoms with Gasteiger partial charge in [0.05, 0.1) is 5.51 Å². The van der Waals surface area contributed by atoms with Gasteiger partial charge in [-0.2, -0.15) is 0 Å². The minimum absolute atomic E-state index is 0.156. The molecule has 1 aromatic carbocycles. The van der Waals surface area contributed by atoms with Gasteiger partial charge < -0.3 is 5.73 Å². The summed E-state index contributed by atoms with van der Waals surface area (Å²) in [6.07, 6.45) is 9.29. The van der Waals surface area contributed by atoms with Crippen LogP contribution >= 0.6 is 11.3 Å². The van der Waals surface area contributed by atoms with Crippen molar-refractivity contribution < 1.29 is 0 Å². The van der Waals surface area contributed by atoms with Crippen molar-refractivity contribution in [3.8, 4) is 0 Å². The largest absolute Gasteiger partial charge is 0.327 e. The molecule has 1 unspecified atom stereocenters. The SMILES string of the molecule is NC(Cc1cncs1)C1(c2ccccc2)CCCCC1. The fraction of sp³-hybridized carbons (Fsp3) is 0.471. The molecule has 106 valence electrons. The van der Waals surface area contributed by atoms with Crippen LogP contribution in [-0.2, 0) is 11.8 Å². The first-order valence-corrected chi connectivity index (χ1v) is 8.38. The van der Waals surface area contributed by atoms with Gasteiger partial charge in [-0.25, -0.2) is 0 Å². The van der Waals surface area contributed by atoms with Gasteiger partial charge in [-0.05, 0) is 24.8 Å². The van der Waals surface area contributed by atoms with E-state index in [1.165, 1.54) is 42.5 Å². The number of aromatic nitrogens is 1. The maximum absolute atomic E-state index is 6.69. The molecule has 1 atom stereocenters. The maximum atomic E-state index is 6.69. The van der Waals surface area contributed by atoms with Gasteiger partial charge in [0, 0.05) is 22.5 Å². The molecule has 2 nitrogen and oxygen atoms in total. The van der Waals surface area contributed by atoms with Gasteiger partial charge in [0.2, 0.25) is 0 Å². The zero-order chi connectivity index (χ0) is 13.8. The maximum Gasteiger partial charge on any atom is 0.0794 e. The van der Waals surface area contributed by atoms with Crippen LogP contribution in [0.25, 0.3) is 0 Å². The van der Waals surface area contributed by atoms with Crippen LogP contribution in [-0.4, -0.2) is 11.0 Å². The van der Waals surface area contributed by atoms with Crippen molar-refractivity contribution in [1.82, 2.24) is 4.98 Å². The standard InChI is InChI=1S/C17H22N2S/c18-16(11-15-12-19-13-20-15)17(9-5-2-6-10-17)14-7-3-1-4-8-14/h1,3-4,7-8,12-13,16H,2,5-6,9-11,18H2. The van der Waals surface area contributed by atoms with E-state index in [1.54, 1.807) is 11.3 Å². The third-order valence-electron chi connectivity index (χ3n) is 4.71. The Morgan fingerprint density at radius 2 is 1.90 bits per heavy atom. The number of thiazole rings is 1. The van der Waals surface area contributed by atoms with Crippen LogP contribution in [0.2, 0.25) is 0 Å². The summed E-state index contributed by atoms with van der Waals surface area (Å²) in [7, 11) is 0. The van der Waals surface area contributed by atoms with E-state index in [1.807, 2.05) is 11.7 Å². The Morgan fingerprint density at radius 1 is 1.15 bits per heavy atom. The van der Waals surface area contributed by atoms with Crippen molar-refractivity contribution in [1.29, 1.82) is 0 Å². The topological polar surface area (TPSA) is 38.9 Å². The molecule has 3 rings (SSSR count). The number of nitrogens with two attached hydrogens (primary N) is 1. The van der Waals surface area contributed by atoms with Gasteiger partial charge >= 0.3 is 0 Å². The lowest BCUT2D eigenvalue weighted by Gasteiger charge is -2.42. The highest BCUT2D eigenvalue weighted by Crippen LogP contribution is 2.42. The minimum atomic E-state index is 0.156. The number of hydrogen-bond acceptors (Lipinski definition) is 3. The Morgan fingerprint density at radius 3 is 2.55 bits per heavy atom. The molecule has 2 aromatic rings. The predicted octanol–water partition coefficient (Wildman–Crippen LogP) is 3.92. The van der Waals surface area contributed by atoms with Crippen molar-refractivity contribution in [2.24, 2.45) is 5.73 Å². The Labute approximate surface area is 125 Å². The van der Waals surface area contributed by atoms with Gasteiger partial charge in [-0.3, -0.25) is 4.98 Å². The molecular weight excluding hydrogens is 264 g/mol.